The summed E-state index contributed by atoms with van der Waals surface area (Å²) in [4.78, 5) is 30.3. The summed E-state index contributed by atoms with van der Waals surface area (Å²) in [5, 5.41) is 6.50. The molecule has 164 valence electrons. The summed E-state index contributed by atoms with van der Waals surface area (Å²) in [5.74, 6) is -0.423. The van der Waals surface area contributed by atoms with Crippen molar-refractivity contribution in [2.45, 2.75) is 19.5 Å². The van der Waals surface area contributed by atoms with E-state index in [4.69, 9.17) is 11.6 Å². The summed E-state index contributed by atoms with van der Waals surface area (Å²) >= 11 is 6.53. The van der Waals surface area contributed by atoms with Crippen LogP contribution in [0.4, 0.5) is 11.4 Å². The second-order valence-electron chi connectivity index (χ2n) is 7.94. The molecule has 1 unspecified atom stereocenters. The van der Waals surface area contributed by atoms with Crippen LogP contribution in [0.15, 0.2) is 79.1 Å². The van der Waals surface area contributed by atoms with Crippen molar-refractivity contribution in [3.63, 3.8) is 0 Å². The van der Waals surface area contributed by atoms with E-state index >= 15 is 0 Å². The number of halogens is 1. The molecule has 0 fully saturated rings. The number of para-hydroxylation sites is 1. The first-order valence-corrected chi connectivity index (χ1v) is 11.0. The first-order valence-electron chi connectivity index (χ1n) is 10.6. The summed E-state index contributed by atoms with van der Waals surface area (Å²) in [6.45, 7) is 2.46. The molecule has 4 aromatic rings. The van der Waals surface area contributed by atoms with Crippen molar-refractivity contribution in [2.75, 3.05) is 10.6 Å². The maximum absolute atomic E-state index is 13.6. The highest BCUT2D eigenvalue weighted by atomic mass is 35.5. The normalized spacial score (nSPS) is 14.4. The molecule has 0 saturated carbocycles. The Bertz CT molecular complexity index is 1380. The standard InChI is InChI=1S/C26H21ClN4O2/c1-16-19(7-4-12-28-16)26(33)29-18-10-11-20(21(27)14-18)25(32)24-23-9-5-13-31(23)15-17-6-2-3-8-22(17)30-24/h2-14,24,30H,15H2,1H3,(H,29,33). The summed E-state index contributed by atoms with van der Waals surface area (Å²) in [5.41, 5.74) is 4.92. The minimum atomic E-state index is -0.584. The summed E-state index contributed by atoms with van der Waals surface area (Å²) in [7, 11) is 0. The van der Waals surface area contributed by atoms with E-state index in [2.05, 4.69) is 20.2 Å². The zero-order valence-corrected chi connectivity index (χ0v) is 18.6. The maximum atomic E-state index is 13.6. The van der Waals surface area contributed by atoms with Crippen LogP contribution in [0.3, 0.4) is 0 Å². The maximum Gasteiger partial charge on any atom is 0.257 e. The van der Waals surface area contributed by atoms with E-state index in [-0.39, 0.29) is 16.7 Å². The van der Waals surface area contributed by atoms with Gasteiger partial charge in [-0.2, -0.15) is 0 Å². The molecular weight excluding hydrogens is 436 g/mol. The molecule has 1 aliphatic heterocycles. The largest absolute Gasteiger partial charge is 0.370 e. The Balaban J connectivity index is 1.43. The van der Waals surface area contributed by atoms with Gasteiger partial charge in [0.15, 0.2) is 5.78 Å². The molecule has 3 heterocycles. The van der Waals surface area contributed by atoms with Gasteiger partial charge in [0.05, 0.1) is 10.6 Å². The minimum Gasteiger partial charge on any atom is -0.370 e. The number of rotatable bonds is 4. The number of anilines is 2. The second kappa shape index (κ2) is 8.56. The Morgan fingerprint density at radius 2 is 1.91 bits per heavy atom. The highest BCUT2D eigenvalue weighted by molar-refractivity contribution is 6.34. The number of amides is 1. The van der Waals surface area contributed by atoms with Gasteiger partial charge in [0.1, 0.15) is 6.04 Å². The molecule has 0 radical (unpaired) electrons. The number of nitrogens with one attached hydrogen (secondary N) is 2. The lowest BCUT2D eigenvalue weighted by Crippen LogP contribution is -2.22. The number of benzene rings is 2. The first-order chi connectivity index (χ1) is 16.0. The lowest BCUT2D eigenvalue weighted by atomic mass is 10.0. The molecule has 5 rings (SSSR count). The van der Waals surface area contributed by atoms with Crippen molar-refractivity contribution in [3.05, 3.63) is 112 Å². The number of nitrogens with zero attached hydrogens (tertiary/aromatic N) is 2. The first kappa shape index (κ1) is 21.0. The van der Waals surface area contributed by atoms with Crippen LogP contribution in [0.25, 0.3) is 0 Å². The number of pyridine rings is 1. The lowest BCUT2D eigenvalue weighted by Gasteiger charge is -2.19. The summed E-state index contributed by atoms with van der Waals surface area (Å²) in [6.07, 6.45) is 3.61. The highest BCUT2D eigenvalue weighted by Crippen LogP contribution is 2.33. The van der Waals surface area contributed by atoms with Gasteiger partial charge in [-0.25, -0.2) is 0 Å². The van der Waals surface area contributed by atoms with Crippen LogP contribution in [0.5, 0.6) is 0 Å². The molecule has 0 saturated heterocycles. The predicted octanol–water partition coefficient (Wildman–Crippen LogP) is 5.50. The molecular formula is C26H21ClN4O2. The fourth-order valence-corrected chi connectivity index (χ4v) is 4.39. The zero-order valence-electron chi connectivity index (χ0n) is 17.9. The lowest BCUT2D eigenvalue weighted by molar-refractivity contribution is 0.0966. The van der Waals surface area contributed by atoms with E-state index in [0.717, 1.165) is 16.9 Å². The second-order valence-corrected chi connectivity index (χ2v) is 8.35. The fourth-order valence-electron chi connectivity index (χ4n) is 4.12. The van der Waals surface area contributed by atoms with E-state index < -0.39 is 6.04 Å². The topological polar surface area (TPSA) is 76.0 Å². The van der Waals surface area contributed by atoms with E-state index in [1.165, 1.54) is 0 Å². The van der Waals surface area contributed by atoms with Crippen molar-refractivity contribution < 1.29 is 9.59 Å². The smallest absolute Gasteiger partial charge is 0.257 e. The van der Waals surface area contributed by atoms with E-state index in [1.807, 2.05) is 42.6 Å². The van der Waals surface area contributed by atoms with Crippen molar-refractivity contribution in [1.29, 1.82) is 0 Å². The van der Waals surface area contributed by atoms with Gasteiger partial charge in [-0.3, -0.25) is 14.6 Å². The summed E-state index contributed by atoms with van der Waals surface area (Å²) < 4.78 is 2.07. The van der Waals surface area contributed by atoms with Gasteiger partial charge >= 0.3 is 0 Å². The number of fused-ring (bicyclic) bond motifs is 2. The fraction of sp³-hybridized carbons (Fsp3) is 0.115. The molecule has 1 amide bonds. The third-order valence-corrected chi connectivity index (χ3v) is 6.14. The number of Topliss-reactive ketones (excluding diaryl/α,β-unsaturated/α-hetero) is 1. The van der Waals surface area contributed by atoms with E-state index in [9.17, 15) is 9.59 Å². The predicted molar refractivity (Wildman–Crippen MR) is 129 cm³/mol. The Kier molecular flexibility index (Phi) is 5.44. The Morgan fingerprint density at radius 1 is 1.06 bits per heavy atom. The molecule has 2 aromatic carbocycles. The number of hydrogen-bond donors (Lipinski definition) is 2. The van der Waals surface area contributed by atoms with Crippen LogP contribution in [0.2, 0.25) is 5.02 Å². The van der Waals surface area contributed by atoms with Gasteiger partial charge in [-0.05, 0) is 61.0 Å². The monoisotopic (exact) mass is 456 g/mol. The van der Waals surface area contributed by atoms with Gasteiger partial charge in [0.2, 0.25) is 0 Å². The molecule has 1 atom stereocenters. The number of carbonyl (C=O) groups excluding carboxylic acids is 2. The van der Waals surface area contributed by atoms with Crippen LogP contribution in [-0.2, 0) is 6.54 Å². The SMILES string of the molecule is Cc1ncccc1C(=O)Nc1ccc(C(=O)C2Nc3ccccc3Cn3cccc32)c(Cl)c1. The van der Waals surface area contributed by atoms with Crippen molar-refractivity contribution in [2.24, 2.45) is 0 Å². The van der Waals surface area contributed by atoms with Crippen LogP contribution in [-0.4, -0.2) is 21.2 Å². The molecule has 0 aliphatic carbocycles. The number of hydrogen-bond acceptors (Lipinski definition) is 4. The van der Waals surface area contributed by atoms with Gasteiger partial charge in [-0.1, -0.05) is 29.8 Å². The Labute approximate surface area is 196 Å². The van der Waals surface area contributed by atoms with Gasteiger partial charge < -0.3 is 15.2 Å². The molecule has 2 aromatic heterocycles. The average Bonchev–Trinajstić information content (AvgIpc) is 3.20. The van der Waals surface area contributed by atoms with Crippen LogP contribution >= 0.6 is 11.6 Å². The molecule has 7 heteroatoms. The van der Waals surface area contributed by atoms with Crippen LogP contribution in [0, 0.1) is 6.92 Å². The van der Waals surface area contributed by atoms with Gasteiger partial charge in [-0.15, -0.1) is 0 Å². The molecule has 2 N–H and O–H groups in total. The van der Waals surface area contributed by atoms with Crippen molar-refractivity contribution in [1.82, 2.24) is 9.55 Å². The van der Waals surface area contributed by atoms with Crippen LogP contribution < -0.4 is 10.6 Å². The number of ketones is 1. The van der Waals surface area contributed by atoms with Gasteiger partial charge in [0, 0.05) is 47.3 Å². The summed E-state index contributed by atoms with van der Waals surface area (Å²) in [6, 6.07) is 19.6. The number of aromatic nitrogens is 2. The average molecular weight is 457 g/mol. The van der Waals surface area contributed by atoms with Crippen LogP contribution in [0.1, 0.15) is 43.7 Å². The van der Waals surface area contributed by atoms with Gasteiger partial charge in [0.25, 0.3) is 5.91 Å². The van der Waals surface area contributed by atoms with Crippen molar-refractivity contribution in [3.8, 4) is 0 Å². The zero-order chi connectivity index (χ0) is 22.9. The van der Waals surface area contributed by atoms with E-state index in [1.54, 1.807) is 43.5 Å². The third-order valence-electron chi connectivity index (χ3n) is 5.82. The Morgan fingerprint density at radius 3 is 2.73 bits per heavy atom. The highest BCUT2D eigenvalue weighted by Gasteiger charge is 2.29. The molecule has 6 nitrogen and oxygen atoms in total. The molecule has 33 heavy (non-hydrogen) atoms. The molecule has 1 aliphatic rings. The molecule has 0 bridgehead atoms. The third kappa shape index (κ3) is 4.01. The number of aryl methyl sites for hydroxylation is 1. The number of carbonyl (C=O) groups is 2. The van der Waals surface area contributed by atoms with E-state index in [0.29, 0.717) is 29.1 Å². The Hall–Kier alpha value is -3.90. The molecule has 0 spiro atoms. The minimum absolute atomic E-state index is 0.141. The quantitative estimate of drug-likeness (QED) is 0.398. The van der Waals surface area contributed by atoms with Crippen molar-refractivity contribution >= 4 is 34.7 Å².